The molecule has 0 fully saturated rings. The van der Waals surface area contributed by atoms with Gasteiger partial charge >= 0.3 is 0 Å². The van der Waals surface area contributed by atoms with Crippen LogP contribution in [-0.4, -0.2) is 39.7 Å². The Morgan fingerprint density at radius 2 is 1.95 bits per heavy atom. The Bertz CT molecular complexity index is 1720. The molecule has 0 atom stereocenters. The lowest BCUT2D eigenvalue weighted by atomic mass is 10.1. The molecule has 0 radical (unpaired) electrons. The van der Waals surface area contributed by atoms with E-state index >= 15 is 0 Å². The molecule has 0 saturated heterocycles. The van der Waals surface area contributed by atoms with Gasteiger partial charge in [0.25, 0.3) is 5.19 Å². The highest BCUT2D eigenvalue weighted by molar-refractivity contribution is 7.18. The first-order chi connectivity index (χ1) is 18.0. The molecule has 10 nitrogen and oxygen atoms in total. The van der Waals surface area contributed by atoms with Gasteiger partial charge in [0.05, 0.1) is 31.5 Å². The molecule has 4 heterocycles. The number of hydrogen-bond donors (Lipinski definition) is 1. The number of furan rings is 1. The first-order valence-corrected chi connectivity index (χ1v) is 12.7. The van der Waals surface area contributed by atoms with E-state index in [-0.39, 0.29) is 6.61 Å². The Kier molecular flexibility index (Phi) is 5.74. The van der Waals surface area contributed by atoms with Gasteiger partial charge in [0.2, 0.25) is 10.9 Å². The summed E-state index contributed by atoms with van der Waals surface area (Å²) in [5.41, 5.74) is 8.71. The lowest BCUT2D eigenvalue weighted by Gasteiger charge is -2.08. The van der Waals surface area contributed by atoms with E-state index in [0.717, 1.165) is 21.7 Å². The van der Waals surface area contributed by atoms with Crippen LogP contribution >= 0.6 is 22.7 Å². The van der Waals surface area contributed by atoms with E-state index in [0.29, 0.717) is 44.3 Å². The molecule has 6 rings (SSSR count). The van der Waals surface area contributed by atoms with Gasteiger partial charge in [-0.05, 0) is 29.5 Å². The maximum atomic E-state index is 11.3. The third-order valence-electron chi connectivity index (χ3n) is 5.60. The van der Waals surface area contributed by atoms with E-state index in [9.17, 15) is 4.79 Å². The Morgan fingerprint density at radius 3 is 2.68 bits per heavy atom. The summed E-state index contributed by atoms with van der Waals surface area (Å²) in [6.45, 7) is 0.253. The molecule has 2 N–H and O–H groups in total. The zero-order valence-electron chi connectivity index (χ0n) is 19.6. The molecular formula is C25H19N5O5S2. The molecule has 4 aromatic heterocycles. The highest BCUT2D eigenvalue weighted by Gasteiger charge is 2.17. The molecule has 0 spiro atoms. The van der Waals surface area contributed by atoms with Crippen LogP contribution in [0.4, 0.5) is 0 Å². The first kappa shape index (κ1) is 23.0. The van der Waals surface area contributed by atoms with Crippen molar-refractivity contribution in [2.75, 3.05) is 14.2 Å². The van der Waals surface area contributed by atoms with E-state index in [1.807, 2.05) is 35.7 Å². The smallest absolute Gasteiger partial charge is 0.294 e. The normalized spacial score (nSPS) is 11.3. The molecule has 0 bridgehead atoms. The van der Waals surface area contributed by atoms with Gasteiger partial charge in [-0.25, -0.2) is 14.5 Å². The number of nitrogens with two attached hydrogens (primary N) is 1. The molecule has 0 unspecified atom stereocenters. The number of carbonyl (C=O) groups is 1. The highest BCUT2D eigenvalue weighted by Crippen LogP contribution is 2.38. The van der Waals surface area contributed by atoms with Crippen LogP contribution in [0.25, 0.3) is 38.0 Å². The zero-order chi connectivity index (χ0) is 25.5. The Morgan fingerprint density at radius 1 is 1.11 bits per heavy atom. The fraction of sp³-hybridized carbons (Fsp3) is 0.120. The van der Waals surface area contributed by atoms with Crippen molar-refractivity contribution in [1.29, 1.82) is 0 Å². The number of thiazole rings is 1. The topological polar surface area (TPSA) is 127 Å². The Labute approximate surface area is 217 Å². The zero-order valence-corrected chi connectivity index (χ0v) is 21.3. The Hall–Kier alpha value is -4.42. The minimum absolute atomic E-state index is 0.253. The van der Waals surface area contributed by atoms with Crippen LogP contribution in [0.3, 0.4) is 0 Å². The second-order valence-corrected chi connectivity index (χ2v) is 9.72. The molecule has 6 aromatic rings. The van der Waals surface area contributed by atoms with E-state index in [4.69, 9.17) is 24.4 Å². The maximum Gasteiger partial charge on any atom is 0.294 e. The maximum absolute atomic E-state index is 11.3. The molecular weight excluding hydrogens is 514 g/mol. The van der Waals surface area contributed by atoms with Crippen molar-refractivity contribution in [3.63, 3.8) is 0 Å². The largest absolute Gasteiger partial charge is 0.496 e. The number of nitrogens with zero attached hydrogens (tertiary/aromatic N) is 4. The molecule has 0 aliphatic carbocycles. The summed E-state index contributed by atoms with van der Waals surface area (Å²) in [6.07, 6.45) is 1.79. The van der Waals surface area contributed by atoms with Crippen LogP contribution in [0.15, 0.2) is 58.5 Å². The van der Waals surface area contributed by atoms with Crippen LogP contribution in [-0.2, 0) is 6.61 Å². The number of aromatic nitrogens is 4. The van der Waals surface area contributed by atoms with Gasteiger partial charge in [-0.1, -0.05) is 12.1 Å². The molecule has 37 heavy (non-hydrogen) atoms. The van der Waals surface area contributed by atoms with Crippen LogP contribution in [0.5, 0.6) is 16.7 Å². The number of methoxy groups -OCH3 is 2. The van der Waals surface area contributed by atoms with Gasteiger partial charge < -0.3 is 24.4 Å². The van der Waals surface area contributed by atoms with Crippen LogP contribution in [0.2, 0.25) is 0 Å². The van der Waals surface area contributed by atoms with Crippen LogP contribution < -0.4 is 19.9 Å². The predicted molar refractivity (Wildman–Crippen MR) is 140 cm³/mol. The number of fused-ring (bicyclic) bond motifs is 2. The van der Waals surface area contributed by atoms with E-state index in [2.05, 4.69) is 15.1 Å². The van der Waals surface area contributed by atoms with Crippen molar-refractivity contribution in [1.82, 2.24) is 19.6 Å². The van der Waals surface area contributed by atoms with Crippen molar-refractivity contribution >= 4 is 44.5 Å². The fourth-order valence-corrected chi connectivity index (χ4v) is 5.27. The Balaban J connectivity index is 1.26. The molecule has 0 aliphatic rings. The number of primary amides is 1. The second-order valence-electron chi connectivity index (χ2n) is 7.95. The monoisotopic (exact) mass is 533 g/mol. The van der Waals surface area contributed by atoms with Gasteiger partial charge in [-0.3, -0.25) is 4.79 Å². The average molecular weight is 534 g/mol. The number of imidazole rings is 1. The van der Waals surface area contributed by atoms with Crippen molar-refractivity contribution in [2.45, 2.75) is 6.61 Å². The summed E-state index contributed by atoms with van der Waals surface area (Å²) in [5.74, 6) is 1.33. The molecule has 1 amide bonds. The summed E-state index contributed by atoms with van der Waals surface area (Å²) in [5, 5.41) is 8.39. The fourth-order valence-electron chi connectivity index (χ4n) is 3.76. The summed E-state index contributed by atoms with van der Waals surface area (Å²) in [6, 6.07) is 12.5. The molecule has 0 aliphatic heterocycles. The molecule has 0 saturated carbocycles. The van der Waals surface area contributed by atoms with Gasteiger partial charge in [0, 0.05) is 28.6 Å². The van der Waals surface area contributed by atoms with Crippen molar-refractivity contribution in [3.8, 4) is 38.7 Å². The van der Waals surface area contributed by atoms with Gasteiger partial charge in [-0.15, -0.1) is 16.4 Å². The van der Waals surface area contributed by atoms with Gasteiger partial charge in [0.15, 0.2) is 5.76 Å². The summed E-state index contributed by atoms with van der Waals surface area (Å²) in [7, 11) is 3.16. The lowest BCUT2D eigenvalue weighted by Crippen LogP contribution is -2.10. The van der Waals surface area contributed by atoms with Crippen LogP contribution in [0, 0.1) is 0 Å². The van der Waals surface area contributed by atoms with Gasteiger partial charge in [0.1, 0.15) is 34.4 Å². The van der Waals surface area contributed by atoms with Crippen LogP contribution in [0.1, 0.15) is 16.1 Å². The molecule has 186 valence electrons. The quantitative estimate of drug-likeness (QED) is 0.289. The van der Waals surface area contributed by atoms with Gasteiger partial charge in [-0.2, -0.15) is 0 Å². The summed E-state index contributed by atoms with van der Waals surface area (Å²) >= 11 is 2.84. The molecule has 2 aromatic carbocycles. The second kappa shape index (κ2) is 9.22. The number of benzene rings is 2. The van der Waals surface area contributed by atoms with E-state index in [1.54, 1.807) is 37.1 Å². The highest BCUT2D eigenvalue weighted by atomic mass is 32.1. The number of carbonyl (C=O) groups excluding carboxylic acids is 1. The van der Waals surface area contributed by atoms with Crippen molar-refractivity contribution < 1.29 is 23.4 Å². The van der Waals surface area contributed by atoms with Crippen molar-refractivity contribution in [3.05, 3.63) is 65.3 Å². The number of hydrogen-bond acceptors (Lipinski definition) is 10. The number of rotatable bonds is 8. The number of amides is 1. The minimum atomic E-state index is -0.462. The standard InChI is InChI=1S/C25H19N5O5S2/c1-32-16-7-19(34-11-15-12-36-23(27-15)14-5-3-13(4-6-14)22(26)31)17-9-21(35-20(17)8-16)18-10-30-24(28-18)37-25(29-30)33-2/h3-10,12H,11H2,1-2H3,(H2,26,31). The third-order valence-corrected chi connectivity index (χ3v) is 7.43. The molecule has 12 heteroatoms. The van der Waals surface area contributed by atoms with E-state index in [1.165, 1.54) is 22.7 Å². The minimum Gasteiger partial charge on any atom is -0.496 e. The SMILES string of the molecule is COc1cc(OCc2csc(-c3ccc(C(N)=O)cc3)n2)c2cc(-c3cn4nc(OC)sc4n3)oc2c1. The van der Waals surface area contributed by atoms with Crippen molar-refractivity contribution in [2.24, 2.45) is 5.73 Å². The summed E-state index contributed by atoms with van der Waals surface area (Å²) < 4.78 is 24.5. The average Bonchev–Trinajstić information content (AvgIpc) is 3.69. The predicted octanol–water partition coefficient (Wildman–Crippen LogP) is 5.02. The first-order valence-electron chi connectivity index (χ1n) is 11.0. The summed E-state index contributed by atoms with van der Waals surface area (Å²) in [4.78, 5) is 21.3. The van der Waals surface area contributed by atoms with E-state index < -0.39 is 5.91 Å². The third kappa shape index (κ3) is 4.36. The number of ether oxygens (including phenoxy) is 3. The lowest BCUT2D eigenvalue weighted by molar-refractivity contribution is 0.100.